The number of hydrogen-bond acceptors (Lipinski definition) is 2. The van der Waals surface area contributed by atoms with Gasteiger partial charge in [-0.15, -0.1) is 0 Å². The lowest BCUT2D eigenvalue weighted by Crippen LogP contribution is -2.34. The van der Waals surface area contributed by atoms with Crippen molar-refractivity contribution in [3.05, 3.63) is 16.9 Å². The summed E-state index contributed by atoms with van der Waals surface area (Å²) in [6.45, 7) is 4.20. The fourth-order valence-electron chi connectivity index (χ4n) is 2.25. The van der Waals surface area contributed by atoms with Crippen molar-refractivity contribution in [2.24, 2.45) is 0 Å². The van der Waals surface area contributed by atoms with Crippen molar-refractivity contribution in [1.82, 2.24) is 15.1 Å². The van der Waals surface area contributed by atoms with Crippen LogP contribution in [0.4, 0.5) is 0 Å². The van der Waals surface area contributed by atoms with Gasteiger partial charge >= 0.3 is 0 Å². The molecule has 0 bridgehead atoms. The molecule has 1 aliphatic rings. The van der Waals surface area contributed by atoms with Crippen LogP contribution in [0.1, 0.15) is 38.2 Å². The summed E-state index contributed by atoms with van der Waals surface area (Å²) in [5.74, 6) is 0. The van der Waals surface area contributed by atoms with Crippen molar-refractivity contribution < 1.29 is 0 Å². The maximum absolute atomic E-state index is 6.22. The summed E-state index contributed by atoms with van der Waals surface area (Å²) in [5, 5.41) is 8.69. The van der Waals surface area contributed by atoms with Crippen molar-refractivity contribution >= 4 is 11.6 Å². The molecule has 1 aromatic heterocycles. The highest BCUT2D eigenvalue weighted by atomic mass is 35.5. The first kappa shape index (κ1) is 11.9. The molecule has 0 aromatic carbocycles. The fraction of sp³-hybridized carbons (Fsp3) is 0.750. The van der Waals surface area contributed by atoms with Crippen LogP contribution in [-0.4, -0.2) is 22.4 Å². The molecule has 1 saturated heterocycles. The third kappa shape index (κ3) is 2.77. The minimum Gasteiger partial charge on any atom is -0.314 e. The number of rotatable bonds is 4. The zero-order chi connectivity index (χ0) is 11.4. The second-order valence-electron chi connectivity index (χ2n) is 4.47. The molecule has 3 nitrogen and oxygen atoms in total. The number of halogens is 1. The quantitative estimate of drug-likeness (QED) is 0.878. The van der Waals surface area contributed by atoms with Crippen LogP contribution >= 0.6 is 11.6 Å². The van der Waals surface area contributed by atoms with Crippen LogP contribution in [0.3, 0.4) is 0 Å². The first-order valence-electron chi connectivity index (χ1n) is 6.25. The van der Waals surface area contributed by atoms with E-state index in [4.69, 9.17) is 11.6 Å². The van der Waals surface area contributed by atoms with E-state index in [1.54, 1.807) is 0 Å². The minimum absolute atomic E-state index is 0.652. The van der Waals surface area contributed by atoms with Crippen LogP contribution in [0.15, 0.2) is 6.20 Å². The van der Waals surface area contributed by atoms with E-state index < -0.39 is 0 Å². The van der Waals surface area contributed by atoms with Gasteiger partial charge in [0.15, 0.2) is 0 Å². The van der Waals surface area contributed by atoms with Crippen LogP contribution < -0.4 is 5.32 Å². The average molecular weight is 242 g/mol. The largest absolute Gasteiger partial charge is 0.314 e. The van der Waals surface area contributed by atoms with E-state index in [9.17, 15) is 0 Å². The lowest BCUT2D eigenvalue weighted by atomic mass is 10.0. The standard InChI is InChI=1S/C12H20ClN3/c1-2-10-9-15-16(12(10)13)8-6-11-5-3-4-7-14-11/h9,11,14H,2-8H2,1H3. The monoisotopic (exact) mass is 241 g/mol. The van der Waals surface area contributed by atoms with E-state index in [0.29, 0.717) is 6.04 Å². The smallest absolute Gasteiger partial charge is 0.130 e. The predicted octanol–water partition coefficient (Wildman–Crippen LogP) is 2.63. The number of aromatic nitrogens is 2. The van der Waals surface area contributed by atoms with Crippen molar-refractivity contribution in [1.29, 1.82) is 0 Å². The summed E-state index contributed by atoms with van der Waals surface area (Å²) in [6.07, 6.45) is 7.94. The number of aryl methyl sites for hydroxylation is 2. The Morgan fingerprint density at radius 2 is 2.44 bits per heavy atom. The van der Waals surface area contributed by atoms with Crippen molar-refractivity contribution in [2.45, 2.75) is 51.6 Å². The maximum Gasteiger partial charge on any atom is 0.130 e. The predicted molar refractivity (Wildman–Crippen MR) is 66.9 cm³/mol. The molecular formula is C12H20ClN3. The number of hydrogen-bond donors (Lipinski definition) is 1. The van der Waals surface area contributed by atoms with Gasteiger partial charge in [0.05, 0.1) is 6.20 Å². The summed E-state index contributed by atoms with van der Waals surface area (Å²) in [5.41, 5.74) is 1.15. The number of nitrogens with one attached hydrogen (secondary N) is 1. The molecule has 90 valence electrons. The van der Waals surface area contributed by atoms with Crippen LogP contribution in [-0.2, 0) is 13.0 Å². The zero-order valence-corrected chi connectivity index (χ0v) is 10.6. The Labute approximate surface area is 102 Å². The van der Waals surface area contributed by atoms with Crippen LogP contribution in [0.5, 0.6) is 0 Å². The SMILES string of the molecule is CCc1cnn(CCC2CCCCN2)c1Cl. The molecule has 1 aliphatic heterocycles. The lowest BCUT2D eigenvalue weighted by molar-refractivity contribution is 0.360. The number of piperidine rings is 1. The normalized spacial score (nSPS) is 21.2. The molecule has 2 heterocycles. The molecule has 0 aliphatic carbocycles. The van der Waals surface area contributed by atoms with Gasteiger partial charge in [-0.3, -0.25) is 4.68 Å². The topological polar surface area (TPSA) is 29.9 Å². The summed E-state index contributed by atoms with van der Waals surface area (Å²) in [7, 11) is 0. The fourth-order valence-corrected chi connectivity index (χ4v) is 2.56. The maximum atomic E-state index is 6.22. The van der Waals surface area contributed by atoms with Crippen molar-refractivity contribution in [2.75, 3.05) is 6.54 Å². The Morgan fingerprint density at radius 3 is 3.06 bits per heavy atom. The molecule has 0 saturated carbocycles. The molecule has 2 rings (SSSR count). The molecule has 1 aromatic rings. The van der Waals surface area contributed by atoms with Gasteiger partial charge in [0.25, 0.3) is 0 Å². The highest BCUT2D eigenvalue weighted by molar-refractivity contribution is 6.30. The van der Waals surface area contributed by atoms with E-state index >= 15 is 0 Å². The molecule has 4 heteroatoms. The Hall–Kier alpha value is -0.540. The molecule has 0 spiro atoms. The molecule has 16 heavy (non-hydrogen) atoms. The second kappa shape index (κ2) is 5.69. The van der Waals surface area contributed by atoms with E-state index in [1.807, 2.05) is 10.9 Å². The molecule has 1 unspecified atom stereocenters. The average Bonchev–Trinajstić information content (AvgIpc) is 2.69. The molecule has 1 N–H and O–H groups in total. The first-order valence-corrected chi connectivity index (χ1v) is 6.62. The van der Waals surface area contributed by atoms with E-state index in [0.717, 1.165) is 36.6 Å². The Bertz CT molecular complexity index is 329. The molecule has 1 atom stereocenters. The first-order chi connectivity index (χ1) is 7.81. The second-order valence-corrected chi connectivity index (χ2v) is 4.83. The Morgan fingerprint density at radius 1 is 1.56 bits per heavy atom. The van der Waals surface area contributed by atoms with E-state index in [2.05, 4.69) is 17.3 Å². The zero-order valence-electron chi connectivity index (χ0n) is 9.88. The van der Waals surface area contributed by atoms with Gasteiger partial charge in [-0.25, -0.2) is 0 Å². The number of nitrogens with zero attached hydrogens (tertiary/aromatic N) is 2. The van der Waals surface area contributed by atoms with Gasteiger partial charge in [0.1, 0.15) is 5.15 Å². The Kier molecular flexibility index (Phi) is 4.24. The van der Waals surface area contributed by atoms with Crippen LogP contribution in [0.2, 0.25) is 5.15 Å². The Balaban J connectivity index is 1.86. The minimum atomic E-state index is 0.652. The lowest BCUT2D eigenvalue weighted by Gasteiger charge is -2.23. The van der Waals surface area contributed by atoms with Gasteiger partial charge in [-0.2, -0.15) is 5.10 Å². The van der Waals surface area contributed by atoms with Gasteiger partial charge in [0, 0.05) is 18.2 Å². The van der Waals surface area contributed by atoms with Gasteiger partial charge in [0.2, 0.25) is 0 Å². The van der Waals surface area contributed by atoms with Crippen LogP contribution in [0.25, 0.3) is 0 Å². The molecule has 0 amide bonds. The van der Waals surface area contributed by atoms with Gasteiger partial charge in [-0.05, 0) is 32.2 Å². The molecule has 1 fully saturated rings. The summed E-state index contributed by atoms with van der Waals surface area (Å²) < 4.78 is 1.93. The third-order valence-electron chi connectivity index (χ3n) is 3.33. The van der Waals surface area contributed by atoms with Crippen LogP contribution in [0, 0.1) is 0 Å². The molecular weight excluding hydrogens is 222 g/mol. The summed E-state index contributed by atoms with van der Waals surface area (Å²) in [6, 6.07) is 0.652. The summed E-state index contributed by atoms with van der Waals surface area (Å²) >= 11 is 6.22. The molecule has 0 radical (unpaired) electrons. The van der Waals surface area contributed by atoms with Gasteiger partial charge < -0.3 is 5.32 Å². The third-order valence-corrected chi connectivity index (χ3v) is 3.77. The van der Waals surface area contributed by atoms with E-state index in [-0.39, 0.29) is 0 Å². The highest BCUT2D eigenvalue weighted by Gasteiger charge is 2.13. The highest BCUT2D eigenvalue weighted by Crippen LogP contribution is 2.17. The van der Waals surface area contributed by atoms with Gasteiger partial charge in [-0.1, -0.05) is 24.9 Å². The van der Waals surface area contributed by atoms with E-state index in [1.165, 1.54) is 19.3 Å². The van der Waals surface area contributed by atoms with Crippen molar-refractivity contribution in [3.8, 4) is 0 Å². The summed E-state index contributed by atoms with van der Waals surface area (Å²) in [4.78, 5) is 0. The van der Waals surface area contributed by atoms with Crippen molar-refractivity contribution in [3.63, 3.8) is 0 Å².